The molecule has 136 valence electrons. The van der Waals surface area contributed by atoms with Crippen molar-refractivity contribution in [2.24, 2.45) is 0 Å². The maximum atomic E-state index is 14.3. The molecule has 1 aromatic carbocycles. The van der Waals surface area contributed by atoms with Crippen molar-refractivity contribution in [3.8, 4) is 0 Å². The summed E-state index contributed by atoms with van der Waals surface area (Å²) in [6.07, 6.45) is -12.8. The van der Waals surface area contributed by atoms with Gasteiger partial charge in [-0.2, -0.15) is 26.3 Å². The Bertz CT molecular complexity index is 665. The van der Waals surface area contributed by atoms with Crippen LogP contribution in [-0.4, -0.2) is 33.4 Å². The van der Waals surface area contributed by atoms with Crippen LogP contribution in [0.15, 0.2) is 17.0 Å². The molecule has 0 aliphatic rings. The van der Waals surface area contributed by atoms with E-state index in [-0.39, 0.29) is 6.07 Å². The summed E-state index contributed by atoms with van der Waals surface area (Å²) in [4.78, 5) is 9.89. The molecule has 0 amide bonds. The molecule has 0 saturated carbocycles. The van der Waals surface area contributed by atoms with Gasteiger partial charge in [0.25, 0.3) is 0 Å². The predicted octanol–water partition coefficient (Wildman–Crippen LogP) is 4.11. The van der Waals surface area contributed by atoms with Crippen LogP contribution in [0.2, 0.25) is 0 Å². The molecule has 1 unspecified atom stereocenters. The Balaban J connectivity index is 3.97. The molecule has 0 aromatic heterocycles. The summed E-state index contributed by atoms with van der Waals surface area (Å²) in [6, 6.07) is 0.496. The number of hydrogen-bond donors (Lipinski definition) is 1. The molecule has 1 rings (SSSR count). The van der Waals surface area contributed by atoms with Crippen LogP contribution in [0.5, 0.6) is 0 Å². The number of benzene rings is 1. The third-order valence-corrected chi connectivity index (χ3v) is 4.78. The highest BCUT2D eigenvalue weighted by atomic mass is 32.2. The first-order chi connectivity index (χ1) is 10.7. The highest BCUT2D eigenvalue weighted by Crippen LogP contribution is 2.54. The van der Waals surface area contributed by atoms with Gasteiger partial charge < -0.3 is 5.11 Å². The topological polar surface area (TPSA) is 54.4 Å². The number of carboxylic acid groups (broad SMARTS) is 1. The molecular weight excluding hydrogens is 369 g/mol. The molecule has 24 heavy (non-hydrogen) atoms. The molecule has 0 spiro atoms. The molecule has 11 heteroatoms. The fraction of sp³-hybridized carbons (Fsp3) is 0.462. The quantitative estimate of drug-likeness (QED) is 0.800. The Labute approximate surface area is 133 Å². The molecule has 3 nitrogen and oxygen atoms in total. The van der Waals surface area contributed by atoms with Crippen LogP contribution in [0.3, 0.4) is 0 Å². The van der Waals surface area contributed by atoms with Crippen molar-refractivity contribution >= 4 is 16.8 Å². The van der Waals surface area contributed by atoms with Crippen LogP contribution < -0.4 is 0 Å². The smallest absolute Gasteiger partial charge is 0.435 e. The third-order valence-electron chi connectivity index (χ3n) is 3.28. The molecule has 1 aromatic rings. The van der Waals surface area contributed by atoms with Crippen LogP contribution in [-0.2, 0) is 16.5 Å². The Morgan fingerprint density at radius 1 is 1.08 bits per heavy atom. The molecule has 0 fully saturated rings. The predicted molar refractivity (Wildman–Crippen MR) is 70.0 cm³/mol. The Morgan fingerprint density at radius 2 is 1.54 bits per heavy atom. The molecule has 0 radical (unpaired) electrons. The lowest BCUT2D eigenvalue weighted by atomic mass is 9.91. The molecule has 0 aliphatic heterocycles. The molecule has 1 N–H and O–H groups in total. The van der Waals surface area contributed by atoms with Gasteiger partial charge in [0, 0.05) is 16.2 Å². The van der Waals surface area contributed by atoms with Crippen LogP contribution in [0, 0.1) is 6.92 Å². The number of halogens is 7. The second-order valence-electron chi connectivity index (χ2n) is 4.71. The van der Waals surface area contributed by atoms with Gasteiger partial charge in [-0.1, -0.05) is 13.0 Å². The van der Waals surface area contributed by atoms with Crippen molar-refractivity contribution in [1.29, 1.82) is 0 Å². The van der Waals surface area contributed by atoms with Gasteiger partial charge in [-0.15, -0.1) is 0 Å². The standard InChI is InChI=1S/C13H11F7O3S/c1-3-24(23)9-6(2)7(10(21)22)4-5-8(9)11(14,12(15,16)17)13(18,19)20/h4-5H,3H2,1-2H3,(H,21,22). The second-order valence-corrected chi connectivity index (χ2v) is 6.38. The zero-order chi connectivity index (χ0) is 19.1. The maximum absolute atomic E-state index is 14.3. The molecular formula is C13H11F7O3S. The largest absolute Gasteiger partial charge is 0.478 e. The Hall–Kier alpha value is -1.65. The van der Waals surface area contributed by atoms with Crippen LogP contribution in [0.4, 0.5) is 30.7 Å². The summed E-state index contributed by atoms with van der Waals surface area (Å²) >= 11 is 0. The van der Waals surface area contributed by atoms with Gasteiger partial charge >= 0.3 is 24.0 Å². The summed E-state index contributed by atoms with van der Waals surface area (Å²) in [7, 11) is -2.46. The number of aromatic carboxylic acids is 1. The Kier molecular flexibility index (Phi) is 5.39. The van der Waals surface area contributed by atoms with E-state index in [0.717, 1.165) is 6.92 Å². The monoisotopic (exact) mass is 380 g/mol. The third kappa shape index (κ3) is 3.13. The summed E-state index contributed by atoms with van der Waals surface area (Å²) < 4.78 is 104. The summed E-state index contributed by atoms with van der Waals surface area (Å²) in [5.74, 6) is -2.08. The van der Waals surface area contributed by atoms with Crippen molar-refractivity contribution in [1.82, 2.24) is 0 Å². The average Bonchev–Trinajstić information content (AvgIpc) is 2.42. The van der Waals surface area contributed by atoms with E-state index in [2.05, 4.69) is 0 Å². The van der Waals surface area contributed by atoms with Crippen molar-refractivity contribution in [3.05, 3.63) is 28.8 Å². The average molecular weight is 380 g/mol. The van der Waals surface area contributed by atoms with Gasteiger partial charge in [0.15, 0.2) is 0 Å². The van der Waals surface area contributed by atoms with Crippen LogP contribution >= 0.6 is 0 Å². The van der Waals surface area contributed by atoms with Crippen molar-refractivity contribution < 1.29 is 44.8 Å². The van der Waals surface area contributed by atoms with E-state index < -0.39 is 62.1 Å². The first-order valence-electron chi connectivity index (χ1n) is 6.28. The SMILES string of the molecule is CCS(=O)c1c(C(F)(C(F)(F)F)C(F)(F)F)ccc(C(=O)O)c1C. The van der Waals surface area contributed by atoms with E-state index >= 15 is 0 Å². The number of hydrogen-bond acceptors (Lipinski definition) is 2. The minimum absolute atomic E-state index is 0.0698. The van der Waals surface area contributed by atoms with Gasteiger partial charge in [-0.3, -0.25) is 4.21 Å². The normalized spacial score (nSPS) is 14.5. The van der Waals surface area contributed by atoms with Gasteiger partial charge in [-0.05, 0) is 18.6 Å². The van der Waals surface area contributed by atoms with Gasteiger partial charge in [0.05, 0.1) is 16.4 Å². The van der Waals surface area contributed by atoms with Gasteiger partial charge in [0.1, 0.15) is 0 Å². The molecule has 0 saturated heterocycles. The number of carbonyl (C=O) groups is 1. The lowest BCUT2D eigenvalue weighted by Gasteiger charge is -2.32. The summed E-state index contributed by atoms with van der Waals surface area (Å²) in [5, 5.41) is 8.92. The van der Waals surface area contributed by atoms with E-state index in [1.54, 1.807) is 0 Å². The molecule has 0 aliphatic carbocycles. The minimum Gasteiger partial charge on any atom is -0.478 e. The molecule has 0 bridgehead atoms. The molecule has 1 atom stereocenters. The van der Waals surface area contributed by atoms with E-state index in [9.17, 15) is 39.7 Å². The van der Waals surface area contributed by atoms with E-state index in [1.807, 2.05) is 0 Å². The summed E-state index contributed by atoms with van der Waals surface area (Å²) in [5.41, 5.74) is -8.97. The minimum atomic E-state index is -6.38. The van der Waals surface area contributed by atoms with E-state index in [0.29, 0.717) is 6.07 Å². The first kappa shape index (κ1) is 20.4. The van der Waals surface area contributed by atoms with E-state index in [1.165, 1.54) is 6.92 Å². The van der Waals surface area contributed by atoms with Crippen LogP contribution in [0.1, 0.15) is 28.4 Å². The lowest BCUT2D eigenvalue weighted by Crippen LogP contribution is -2.51. The number of alkyl halides is 7. The first-order valence-corrected chi connectivity index (χ1v) is 7.60. The number of carboxylic acids is 1. The highest BCUT2D eigenvalue weighted by Gasteiger charge is 2.74. The van der Waals surface area contributed by atoms with Gasteiger partial charge in [0.2, 0.25) is 0 Å². The zero-order valence-electron chi connectivity index (χ0n) is 12.2. The Morgan fingerprint density at radius 3 is 1.88 bits per heavy atom. The van der Waals surface area contributed by atoms with Gasteiger partial charge in [-0.25, -0.2) is 9.18 Å². The maximum Gasteiger partial charge on any atom is 0.435 e. The van der Waals surface area contributed by atoms with Crippen LogP contribution in [0.25, 0.3) is 0 Å². The lowest BCUT2D eigenvalue weighted by molar-refractivity contribution is -0.349. The highest BCUT2D eigenvalue weighted by molar-refractivity contribution is 7.85. The summed E-state index contributed by atoms with van der Waals surface area (Å²) in [6.45, 7) is 2.07. The van der Waals surface area contributed by atoms with Crippen molar-refractivity contribution in [3.63, 3.8) is 0 Å². The number of rotatable bonds is 4. The fourth-order valence-corrected chi connectivity index (χ4v) is 3.29. The molecule has 0 heterocycles. The van der Waals surface area contributed by atoms with Crippen molar-refractivity contribution in [2.45, 2.75) is 36.8 Å². The second kappa shape index (κ2) is 6.34. The fourth-order valence-electron chi connectivity index (χ4n) is 2.10. The van der Waals surface area contributed by atoms with E-state index in [4.69, 9.17) is 5.11 Å². The van der Waals surface area contributed by atoms with Crippen molar-refractivity contribution in [2.75, 3.05) is 5.75 Å². The zero-order valence-corrected chi connectivity index (χ0v) is 13.0.